The van der Waals surface area contributed by atoms with Crippen LogP contribution in [0.3, 0.4) is 0 Å². The van der Waals surface area contributed by atoms with Crippen LogP contribution in [0.5, 0.6) is 5.75 Å². The molecule has 1 aromatic carbocycles. The smallest absolute Gasteiger partial charge is 0.251 e. The van der Waals surface area contributed by atoms with Gasteiger partial charge in [0.25, 0.3) is 5.91 Å². The molecule has 4 nitrogen and oxygen atoms in total. The van der Waals surface area contributed by atoms with Gasteiger partial charge in [-0.1, -0.05) is 13.8 Å². The number of nitrogens with one attached hydrogen (secondary N) is 1. The summed E-state index contributed by atoms with van der Waals surface area (Å²) in [5, 5.41) is 2.93. The summed E-state index contributed by atoms with van der Waals surface area (Å²) in [5.74, 6) is 0.814. The van der Waals surface area contributed by atoms with Crippen LogP contribution in [0.15, 0.2) is 18.2 Å². The van der Waals surface area contributed by atoms with E-state index in [1.165, 1.54) is 7.11 Å². The molecule has 4 heteroatoms. The van der Waals surface area contributed by atoms with Gasteiger partial charge in [-0.05, 0) is 31.0 Å². The van der Waals surface area contributed by atoms with Crippen LogP contribution in [0.2, 0.25) is 0 Å². The number of hydrogen-bond acceptors (Lipinski definition) is 3. The van der Waals surface area contributed by atoms with Crippen LogP contribution < -0.4 is 15.8 Å². The van der Waals surface area contributed by atoms with Crippen LogP contribution in [0, 0.1) is 5.92 Å². The van der Waals surface area contributed by atoms with Gasteiger partial charge in [-0.3, -0.25) is 4.79 Å². The summed E-state index contributed by atoms with van der Waals surface area (Å²) >= 11 is 0. The Morgan fingerprint density at radius 2 is 2.00 bits per heavy atom. The third-order valence-corrected chi connectivity index (χ3v) is 2.85. The highest BCUT2D eigenvalue weighted by Gasteiger charge is 2.13. The quantitative estimate of drug-likeness (QED) is 0.786. The molecule has 0 radical (unpaired) electrons. The number of nitrogen functional groups attached to an aromatic ring is 1. The zero-order chi connectivity index (χ0) is 13.0. The Bertz CT molecular complexity index is 402. The number of methoxy groups -OCH3 is 1. The van der Waals surface area contributed by atoms with E-state index >= 15 is 0 Å². The molecular weight excluding hydrogens is 216 g/mol. The van der Waals surface area contributed by atoms with Gasteiger partial charge in [0, 0.05) is 11.6 Å². The van der Waals surface area contributed by atoms with Crippen LogP contribution in [-0.4, -0.2) is 19.1 Å². The second-order valence-corrected chi connectivity index (χ2v) is 4.46. The normalized spacial score (nSPS) is 12.3. The molecule has 0 saturated carbocycles. The minimum Gasteiger partial charge on any atom is -0.495 e. The van der Waals surface area contributed by atoms with E-state index in [9.17, 15) is 4.79 Å². The van der Waals surface area contributed by atoms with Gasteiger partial charge < -0.3 is 15.8 Å². The fourth-order valence-electron chi connectivity index (χ4n) is 1.31. The highest BCUT2D eigenvalue weighted by molar-refractivity contribution is 5.95. The Kier molecular flexibility index (Phi) is 4.37. The number of carbonyl (C=O) groups excluding carboxylic acids is 1. The van der Waals surface area contributed by atoms with Crippen molar-refractivity contribution in [2.45, 2.75) is 26.8 Å². The summed E-state index contributed by atoms with van der Waals surface area (Å²) in [6, 6.07) is 5.15. The number of carbonyl (C=O) groups is 1. The Hall–Kier alpha value is -1.71. The van der Waals surface area contributed by atoms with Gasteiger partial charge >= 0.3 is 0 Å². The van der Waals surface area contributed by atoms with Gasteiger partial charge in [0.05, 0.1) is 12.8 Å². The zero-order valence-electron chi connectivity index (χ0n) is 10.8. The maximum absolute atomic E-state index is 11.9. The topological polar surface area (TPSA) is 64.3 Å². The van der Waals surface area contributed by atoms with Crippen molar-refractivity contribution in [1.82, 2.24) is 5.32 Å². The standard InChI is InChI=1S/C13H20N2O2/c1-8(2)9(3)15-13(16)10-5-6-11(14)12(7-10)17-4/h5-9H,14H2,1-4H3,(H,15,16). The van der Waals surface area contributed by atoms with Crippen molar-refractivity contribution >= 4 is 11.6 Å². The van der Waals surface area contributed by atoms with Gasteiger partial charge in [0.15, 0.2) is 0 Å². The molecule has 0 aliphatic rings. The Morgan fingerprint density at radius 1 is 1.35 bits per heavy atom. The van der Waals surface area contributed by atoms with Gasteiger partial charge in [0.1, 0.15) is 5.75 Å². The number of ether oxygens (including phenoxy) is 1. The molecule has 17 heavy (non-hydrogen) atoms. The molecule has 1 aromatic rings. The van der Waals surface area contributed by atoms with E-state index in [0.29, 0.717) is 22.9 Å². The minimum absolute atomic E-state index is 0.107. The molecule has 1 amide bonds. The third-order valence-electron chi connectivity index (χ3n) is 2.85. The van der Waals surface area contributed by atoms with Crippen molar-refractivity contribution in [3.05, 3.63) is 23.8 Å². The maximum Gasteiger partial charge on any atom is 0.251 e. The van der Waals surface area contributed by atoms with Gasteiger partial charge in [-0.15, -0.1) is 0 Å². The molecular formula is C13H20N2O2. The van der Waals surface area contributed by atoms with Crippen molar-refractivity contribution in [3.63, 3.8) is 0 Å². The van der Waals surface area contributed by atoms with Crippen molar-refractivity contribution in [2.75, 3.05) is 12.8 Å². The molecule has 1 atom stereocenters. The number of benzene rings is 1. The zero-order valence-corrected chi connectivity index (χ0v) is 10.8. The van der Waals surface area contributed by atoms with Crippen LogP contribution in [0.4, 0.5) is 5.69 Å². The Labute approximate surface area is 102 Å². The van der Waals surface area contributed by atoms with E-state index in [1.54, 1.807) is 18.2 Å². The summed E-state index contributed by atoms with van der Waals surface area (Å²) in [4.78, 5) is 11.9. The van der Waals surface area contributed by atoms with Crippen LogP contribution in [0.25, 0.3) is 0 Å². The molecule has 0 aliphatic heterocycles. The highest BCUT2D eigenvalue weighted by atomic mass is 16.5. The number of amides is 1. The van der Waals surface area contributed by atoms with E-state index in [-0.39, 0.29) is 11.9 Å². The fraction of sp³-hybridized carbons (Fsp3) is 0.462. The summed E-state index contributed by atoms with van der Waals surface area (Å²) in [6.07, 6.45) is 0. The van der Waals surface area contributed by atoms with Crippen LogP contribution in [0.1, 0.15) is 31.1 Å². The molecule has 94 valence electrons. The Morgan fingerprint density at radius 3 is 2.53 bits per heavy atom. The predicted octanol–water partition coefficient (Wildman–Crippen LogP) is 2.05. The van der Waals surface area contributed by atoms with Gasteiger partial charge in [0.2, 0.25) is 0 Å². The SMILES string of the molecule is COc1cc(C(=O)NC(C)C(C)C)ccc1N. The predicted molar refractivity (Wildman–Crippen MR) is 69.2 cm³/mol. The average Bonchev–Trinajstić information content (AvgIpc) is 2.29. The van der Waals surface area contributed by atoms with Crippen molar-refractivity contribution < 1.29 is 9.53 Å². The molecule has 0 spiro atoms. The van der Waals surface area contributed by atoms with Crippen molar-refractivity contribution in [3.8, 4) is 5.75 Å². The highest BCUT2D eigenvalue weighted by Crippen LogP contribution is 2.22. The van der Waals surface area contributed by atoms with Gasteiger partial charge in [-0.2, -0.15) is 0 Å². The fourth-order valence-corrected chi connectivity index (χ4v) is 1.31. The summed E-state index contributed by atoms with van der Waals surface area (Å²) < 4.78 is 5.08. The van der Waals surface area contributed by atoms with Crippen LogP contribution in [-0.2, 0) is 0 Å². The average molecular weight is 236 g/mol. The summed E-state index contributed by atoms with van der Waals surface area (Å²) in [6.45, 7) is 6.11. The molecule has 0 saturated heterocycles. The second kappa shape index (κ2) is 5.57. The number of anilines is 1. The monoisotopic (exact) mass is 236 g/mol. The van der Waals surface area contributed by atoms with E-state index < -0.39 is 0 Å². The van der Waals surface area contributed by atoms with Crippen molar-refractivity contribution in [1.29, 1.82) is 0 Å². The summed E-state index contributed by atoms with van der Waals surface area (Å²) in [7, 11) is 1.53. The first-order chi connectivity index (χ1) is 7.95. The first-order valence-electron chi connectivity index (χ1n) is 5.70. The first-order valence-corrected chi connectivity index (χ1v) is 5.70. The Balaban J connectivity index is 2.82. The lowest BCUT2D eigenvalue weighted by atomic mass is 10.1. The number of hydrogen-bond donors (Lipinski definition) is 2. The largest absolute Gasteiger partial charge is 0.495 e. The third kappa shape index (κ3) is 3.37. The molecule has 0 aliphatic carbocycles. The summed E-state index contributed by atoms with van der Waals surface area (Å²) in [5.41, 5.74) is 6.78. The molecule has 0 heterocycles. The lowest BCUT2D eigenvalue weighted by molar-refractivity contribution is 0.0930. The minimum atomic E-state index is -0.107. The van der Waals surface area contributed by atoms with E-state index in [2.05, 4.69) is 19.2 Å². The van der Waals surface area contributed by atoms with E-state index in [1.807, 2.05) is 6.92 Å². The first kappa shape index (κ1) is 13.4. The number of rotatable bonds is 4. The number of nitrogens with two attached hydrogens (primary N) is 1. The van der Waals surface area contributed by atoms with Gasteiger partial charge in [-0.25, -0.2) is 0 Å². The van der Waals surface area contributed by atoms with E-state index in [4.69, 9.17) is 10.5 Å². The molecule has 0 aromatic heterocycles. The van der Waals surface area contributed by atoms with Crippen LogP contribution >= 0.6 is 0 Å². The lowest BCUT2D eigenvalue weighted by Crippen LogP contribution is -2.36. The molecule has 0 fully saturated rings. The molecule has 3 N–H and O–H groups in total. The maximum atomic E-state index is 11.9. The second-order valence-electron chi connectivity index (χ2n) is 4.46. The lowest BCUT2D eigenvalue weighted by Gasteiger charge is -2.17. The van der Waals surface area contributed by atoms with E-state index in [0.717, 1.165) is 0 Å². The van der Waals surface area contributed by atoms with Crippen molar-refractivity contribution in [2.24, 2.45) is 5.92 Å². The molecule has 1 rings (SSSR count). The molecule has 1 unspecified atom stereocenters. The molecule has 0 bridgehead atoms.